The summed E-state index contributed by atoms with van der Waals surface area (Å²) >= 11 is 2.57. The predicted molar refractivity (Wildman–Crippen MR) is 136 cm³/mol. The fraction of sp³-hybridized carbons (Fsp3) is 0.818. The molecule has 0 aromatic heterocycles. The molecule has 6 N–H and O–H groups in total. The molecular weight excluding hydrogens is 464 g/mol. The highest BCUT2D eigenvalue weighted by Crippen LogP contribution is 2.15. The van der Waals surface area contributed by atoms with Gasteiger partial charge in [-0.2, -0.15) is 11.8 Å². The summed E-state index contributed by atoms with van der Waals surface area (Å²) in [4.78, 5) is 49.8. The number of carbonyl (C=O) groups excluding carboxylic acids is 4. The van der Waals surface area contributed by atoms with E-state index in [1.54, 1.807) is 18.7 Å². The first-order valence-electron chi connectivity index (χ1n) is 11.5. The van der Waals surface area contributed by atoms with Crippen LogP contribution in [0.25, 0.3) is 0 Å². The maximum atomic E-state index is 13.0. The summed E-state index contributed by atoms with van der Waals surface area (Å²) in [5, 5.41) is 5.35. The molecule has 0 heterocycles. The van der Waals surface area contributed by atoms with Gasteiger partial charge in [-0.3, -0.25) is 19.2 Å². The number of amides is 2. The minimum Gasteiger partial charge on any atom is -0.466 e. The van der Waals surface area contributed by atoms with E-state index in [1.165, 1.54) is 0 Å². The normalized spacial score (nSPS) is 13.8. The van der Waals surface area contributed by atoms with Crippen molar-refractivity contribution in [3.05, 3.63) is 0 Å². The van der Waals surface area contributed by atoms with Gasteiger partial charge in [0, 0.05) is 5.75 Å². The molecule has 2 amide bonds. The van der Waals surface area contributed by atoms with E-state index in [4.69, 9.17) is 16.2 Å². The molecule has 0 aromatic carbocycles. The van der Waals surface area contributed by atoms with E-state index in [1.807, 2.05) is 20.1 Å². The van der Waals surface area contributed by atoms with Crippen molar-refractivity contribution < 1.29 is 23.9 Å². The monoisotopic (exact) mass is 506 g/mol. The highest BCUT2D eigenvalue weighted by atomic mass is 32.2. The molecule has 0 aliphatic rings. The van der Waals surface area contributed by atoms with Crippen LogP contribution in [0.15, 0.2) is 0 Å². The van der Waals surface area contributed by atoms with Gasteiger partial charge in [-0.1, -0.05) is 32.0 Å². The molecule has 192 valence electrons. The van der Waals surface area contributed by atoms with E-state index < -0.39 is 24.0 Å². The highest BCUT2D eigenvalue weighted by molar-refractivity contribution is 8.13. The third-order valence-electron chi connectivity index (χ3n) is 4.71. The number of hydrogen-bond acceptors (Lipinski definition) is 9. The molecule has 11 heteroatoms. The lowest BCUT2D eigenvalue weighted by Crippen LogP contribution is -2.54. The molecule has 0 fully saturated rings. The SMILES string of the molecule is CCOC(=O)CCSC(=O)[C@H](CC(C)C)NC(=O)[C@H](CCSC)NC(=O)[C@@H](N)CCCCN. The van der Waals surface area contributed by atoms with E-state index in [0.717, 1.165) is 24.6 Å². The Morgan fingerprint density at radius 3 is 2.21 bits per heavy atom. The molecule has 0 aliphatic heterocycles. The van der Waals surface area contributed by atoms with E-state index in [2.05, 4.69) is 10.6 Å². The largest absolute Gasteiger partial charge is 0.466 e. The third-order valence-corrected chi connectivity index (χ3v) is 6.33. The Balaban J connectivity index is 5.07. The Morgan fingerprint density at radius 2 is 1.64 bits per heavy atom. The zero-order chi connectivity index (χ0) is 25.2. The van der Waals surface area contributed by atoms with Crippen LogP contribution < -0.4 is 22.1 Å². The predicted octanol–water partition coefficient (Wildman–Crippen LogP) is 1.42. The van der Waals surface area contributed by atoms with Crippen LogP contribution >= 0.6 is 23.5 Å². The van der Waals surface area contributed by atoms with Crippen LogP contribution in [0.4, 0.5) is 0 Å². The van der Waals surface area contributed by atoms with Gasteiger partial charge in [0.05, 0.1) is 25.1 Å². The number of esters is 1. The molecule has 0 rings (SSSR count). The Hall–Kier alpha value is -1.30. The Bertz CT molecular complexity index is 607. The van der Waals surface area contributed by atoms with Gasteiger partial charge < -0.3 is 26.8 Å². The lowest BCUT2D eigenvalue weighted by atomic mass is 10.0. The summed E-state index contributed by atoms with van der Waals surface area (Å²) in [6.45, 7) is 6.48. The Labute approximate surface area is 206 Å². The number of nitrogens with two attached hydrogens (primary N) is 2. The fourth-order valence-electron chi connectivity index (χ4n) is 2.95. The lowest BCUT2D eigenvalue weighted by molar-refractivity contribution is -0.142. The average molecular weight is 507 g/mol. The van der Waals surface area contributed by atoms with Gasteiger partial charge >= 0.3 is 5.97 Å². The van der Waals surface area contributed by atoms with Crippen LogP contribution in [0.3, 0.4) is 0 Å². The summed E-state index contributed by atoms with van der Waals surface area (Å²) in [5.41, 5.74) is 11.4. The second-order valence-corrected chi connectivity index (χ2v) is 10.2. The zero-order valence-electron chi connectivity index (χ0n) is 20.4. The van der Waals surface area contributed by atoms with Crippen molar-refractivity contribution in [2.75, 3.05) is 30.9 Å². The number of hydrogen-bond donors (Lipinski definition) is 4. The van der Waals surface area contributed by atoms with E-state index in [9.17, 15) is 19.2 Å². The molecule has 3 atom stereocenters. The second kappa shape index (κ2) is 19.1. The summed E-state index contributed by atoms with van der Waals surface area (Å²) in [6, 6.07) is -2.21. The number of ether oxygens (including phenoxy) is 1. The minimum atomic E-state index is -0.780. The van der Waals surface area contributed by atoms with Crippen molar-refractivity contribution in [1.29, 1.82) is 0 Å². The van der Waals surface area contributed by atoms with Gasteiger partial charge in [0.2, 0.25) is 16.9 Å². The molecule has 0 spiro atoms. The Morgan fingerprint density at radius 1 is 0.970 bits per heavy atom. The highest BCUT2D eigenvalue weighted by Gasteiger charge is 2.28. The van der Waals surface area contributed by atoms with Gasteiger partial charge in [-0.25, -0.2) is 0 Å². The number of rotatable bonds is 18. The molecule has 0 bridgehead atoms. The Kier molecular flexibility index (Phi) is 18.3. The number of thioether (sulfide) groups is 2. The smallest absolute Gasteiger partial charge is 0.306 e. The summed E-state index contributed by atoms with van der Waals surface area (Å²) in [5.74, 6) is -0.0324. The van der Waals surface area contributed by atoms with Crippen molar-refractivity contribution in [2.24, 2.45) is 17.4 Å². The molecule has 33 heavy (non-hydrogen) atoms. The topological polar surface area (TPSA) is 154 Å². The molecule has 0 radical (unpaired) electrons. The first-order valence-corrected chi connectivity index (χ1v) is 13.9. The lowest BCUT2D eigenvalue weighted by Gasteiger charge is -2.24. The van der Waals surface area contributed by atoms with Gasteiger partial charge in [0.25, 0.3) is 0 Å². The van der Waals surface area contributed by atoms with Crippen LogP contribution in [-0.4, -0.2) is 71.9 Å². The standard InChI is InChI=1S/C22H42N4O5S2/c1-5-31-19(27)10-13-33-22(30)18(14-15(2)3)26-21(29)17(9-12-32-4)25-20(28)16(24)8-6-7-11-23/h15-18H,5-14,23-24H2,1-4H3,(H,25,28)(H,26,29)/t16-,17-,18-/m0/s1. The first-order chi connectivity index (χ1) is 15.7. The summed E-state index contributed by atoms with van der Waals surface area (Å²) < 4.78 is 4.88. The van der Waals surface area contributed by atoms with E-state index in [-0.39, 0.29) is 35.1 Å². The van der Waals surface area contributed by atoms with Crippen molar-refractivity contribution in [1.82, 2.24) is 10.6 Å². The van der Waals surface area contributed by atoms with Gasteiger partial charge in [-0.15, -0.1) is 0 Å². The summed E-state index contributed by atoms with van der Waals surface area (Å²) in [7, 11) is 0. The third kappa shape index (κ3) is 15.3. The van der Waals surface area contributed by atoms with Crippen LogP contribution in [0.2, 0.25) is 0 Å². The van der Waals surface area contributed by atoms with Crippen LogP contribution in [-0.2, 0) is 23.9 Å². The molecule has 0 saturated heterocycles. The molecule has 9 nitrogen and oxygen atoms in total. The van der Waals surface area contributed by atoms with Crippen LogP contribution in [0.1, 0.15) is 59.3 Å². The van der Waals surface area contributed by atoms with Crippen molar-refractivity contribution in [3.63, 3.8) is 0 Å². The molecule has 0 aliphatic carbocycles. The van der Waals surface area contributed by atoms with Crippen molar-refractivity contribution >= 4 is 46.4 Å². The van der Waals surface area contributed by atoms with Crippen LogP contribution in [0, 0.1) is 5.92 Å². The molecule has 0 unspecified atom stereocenters. The molecule has 0 aromatic rings. The van der Waals surface area contributed by atoms with Crippen LogP contribution in [0.5, 0.6) is 0 Å². The maximum absolute atomic E-state index is 13.0. The van der Waals surface area contributed by atoms with E-state index >= 15 is 0 Å². The van der Waals surface area contributed by atoms with Gasteiger partial charge in [0.1, 0.15) is 6.04 Å². The number of unbranched alkanes of at least 4 members (excludes halogenated alkanes) is 1. The van der Waals surface area contributed by atoms with E-state index in [0.29, 0.717) is 38.2 Å². The zero-order valence-corrected chi connectivity index (χ0v) is 22.0. The van der Waals surface area contributed by atoms with Crippen molar-refractivity contribution in [2.45, 2.75) is 77.4 Å². The fourth-order valence-corrected chi connectivity index (χ4v) is 4.25. The minimum absolute atomic E-state index is 0.126. The second-order valence-electron chi connectivity index (χ2n) is 8.15. The number of carbonyl (C=O) groups is 4. The van der Waals surface area contributed by atoms with Gasteiger partial charge in [-0.05, 0) is 57.1 Å². The maximum Gasteiger partial charge on any atom is 0.306 e. The van der Waals surface area contributed by atoms with Crippen molar-refractivity contribution in [3.8, 4) is 0 Å². The summed E-state index contributed by atoms with van der Waals surface area (Å²) in [6.07, 6.45) is 4.93. The number of nitrogens with one attached hydrogen (secondary N) is 2. The molecular formula is C22H42N4O5S2. The quantitative estimate of drug-likeness (QED) is 0.160. The molecule has 0 saturated carbocycles. The first kappa shape index (κ1) is 31.7. The van der Waals surface area contributed by atoms with Gasteiger partial charge in [0.15, 0.2) is 0 Å². The average Bonchev–Trinajstić information content (AvgIpc) is 2.75.